The Labute approximate surface area is 174 Å². The van der Waals surface area contributed by atoms with Gasteiger partial charge in [0.2, 0.25) is 0 Å². The molecule has 2 aromatic carbocycles. The molecule has 2 aromatic rings. The van der Waals surface area contributed by atoms with E-state index in [4.69, 9.17) is 4.74 Å². The molecule has 1 aliphatic rings. The third-order valence-corrected chi connectivity index (χ3v) is 4.14. The van der Waals surface area contributed by atoms with Crippen molar-refractivity contribution in [2.45, 2.75) is 20.3 Å². The molecular weight excluding hydrogens is 382 g/mol. The summed E-state index contributed by atoms with van der Waals surface area (Å²) in [5.74, 6) is 0.992. The highest BCUT2D eigenvalue weighted by Gasteiger charge is 2.08. The first-order valence-electron chi connectivity index (χ1n) is 9.48. The maximum atomic E-state index is 11.8. The number of phenols is 1. The topological polar surface area (TPSA) is 108 Å². The number of rotatable bonds is 5. The number of aliphatic imine (C=N–C) groups is 2. The van der Waals surface area contributed by atoms with Crippen LogP contribution in [-0.4, -0.2) is 35.6 Å². The monoisotopic (exact) mass is 405 g/mol. The number of aromatic hydroxyl groups is 1. The molecule has 0 saturated heterocycles. The van der Waals surface area contributed by atoms with E-state index in [0.717, 1.165) is 17.0 Å². The number of allylic oxidation sites excluding steroid dienone is 1. The van der Waals surface area contributed by atoms with Gasteiger partial charge in [0.25, 0.3) is 0 Å². The molecular formula is C22H23N5O3. The second kappa shape index (κ2) is 10.0. The predicted octanol–water partition coefficient (Wildman–Crippen LogP) is 3.67. The van der Waals surface area contributed by atoms with Gasteiger partial charge in [0, 0.05) is 12.1 Å². The number of benzene rings is 2. The summed E-state index contributed by atoms with van der Waals surface area (Å²) in [6.07, 6.45) is 3.75. The molecule has 0 aromatic heterocycles. The first kappa shape index (κ1) is 20.8. The maximum absolute atomic E-state index is 11.8. The minimum Gasteiger partial charge on any atom is -0.508 e. The van der Waals surface area contributed by atoms with Gasteiger partial charge in [-0.1, -0.05) is 12.1 Å². The minimum absolute atomic E-state index is 0.172. The lowest BCUT2D eigenvalue weighted by atomic mass is 10.1. The zero-order chi connectivity index (χ0) is 21.3. The van der Waals surface area contributed by atoms with Crippen LogP contribution in [0.1, 0.15) is 36.2 Å². The number of hydrazone groups is 1. The molecule has 0 unspecified atom stereocenters. The van der Waals surface area contributed by atoms with Crippen LogP contribution in [0.25, 0.3) is 0 Å². The summed E-state index contributed by atoms with van der Waals surface area (Å²) in [4.78, 5) is 20.5. The molecule has 1 aliphatic heterocycles. The lowest BCUT2D eigenvalue weighted by Gasteiger charge is -2.13. The molecule has 8 nitrogen and oxygen atoms in total. The molecule has 30 heavy (non-hydrogen) atoms. The number of anilines is 1. The molecule has 0 bridgehead atoms. The lowest BCUT2D eigenvalue weighted by molar-refractivity contribution is 0.0526. The van der Waals surface area contributed by atoms with Gasteiger partial charge in [-0.2, -0.15) is 5.10 Å². The molecule has 0 atom stereocenters. The molecule has 1 heterocycles. The van der Waals surface area contributed by atoms with Gasteiger partial charge in [0.15, 0.2) is 0 Å². The van der Waals surface area contributed by atoms with Crippen LogP contribution in [0.3, 0.4) is 0 Å². The summed E-state index contributed by atoms with van der Waals surface area (Å²) in [6, 6.07) is 13.9. The van der Waals surface area contributed by atoms with Crippen molar-refractivity contribution in [2.75, 3.05) is 11.9 Å². The van der Waals surface area contributed by atoms with E-state index in [1.807, 2.05) is 12.1 Å². The highest BCUT2D eigenvalue weighted by Crippen LogP contribution is 2.16. The number of esters is 1. The van der Waals surface area contributed by atoms with Crippen LogP contribution in [0.4, 0.5) is 5.69 Å². The summed E-state index contributed by atoms with van der Waals surface area (Å²) in [5, 5.41) is 17.1. The number of nitrogens with zero attached hydrogens (tertiary/aromatic N) is 3. The molecule has 0 amide bonds. The Kier molecular flexibility index (Phi) is 6.94. The Balaban J connectivity index is 1.81. The minimum atomic E-state index is -0.357. The van der Waals surface area contributed by atoms with Gasteiger partial charge >= 0.3 is 5.97 Å². The maximum Gasteiger partial charge on any atom is 0.338 e. The quantitative estimate of drug-likeness (QED) is 0.658. The highest BCUT2D eigenvalue weighted by molar-refractivity contribution is 6.08. The molecule has 0 fully saturated rings. The zero-order valence-electron chi connectivity index (χ0n) is 16.8. The molecule has 0 spiro atoms. The van der Waals surface area contributed by atoms with Gasteiger partial charge in [0.1, 0.15) is 23.7 Å². The van der Waals surface area contributed by atoms with Crippen LogP contribution in [0, 0.1) is 0 Å². The summed E-state index contributed by atoms with van der Waals surface area (Å²) in [6.45, 7) is 3.88. The number of nitrogens with one attached hydrogen (secondary N) is 2. The average Bonchev–Trinajstić information content (AvgIpc) is 2.74. The molecule has 3 N–H and O–H groups in total. The second-order valence-corrected chi connectivity index (χ2v) is 6.39. The van der Waals surface area contributed by atoms with Crippen molar-refractivity contribution in [1.82, 2.24) is 5.43 Å². The first-order valence-corrected chi connectivity index (χ1v) is 9.48. The number of carbonyl (C=O) groups excluding carboxylic acids is 1. The molecule has 154 valence electrons. The van der Waals surface area contributed by atoms with Gasteiger partial charge in [-0.05, 0) is 61.9 Å². The highest BCUT2D eigenvalue weighted by atomic mass is 16.5. The summed E-state index contributed by atoms with van der Waals surface area (Å²) in [7, 11) is 0. The second-order valence-electron chi connectivity index (χ2n) is 6.39. The normalized spacial score (nSPS) is 15.1. The van der Waals surface area contributed by atoms with Gasteiger partial charge in [-0.25, -0.2) is 14.8 Å². The Morgan fingerprint density at radius 2 is 2.03 bits per heavy atom. The predicted molar refractivity (Wildman–Crippen MR) is 118 cm³/mol. The fourth-order valence-electron chi connectivity index (χ4n) is 2.73. The van der Waals surface area contributed by atoms with Crippen molar-refractivity contribution in [3.05, 3.63) is 71.6 Å². The number of phenolic OH excluding ortho intramolecular Hbond substituents is 1. The Bertz CT molecular complexity index is 1020. The Morgan fingerprint density at radius 1 is 1.23 bits per heavy atom. The molecule has 3 rings (SSSR count). The van der Waals surface area contributed by atoms with Gasteiger partial charge < -0.3 is 15.2 Å². The van der Waals surface area contributed by atoms with Crippen LogP contribution in [-0.2, 0) is 4.74 Å². The summed E-state index contributed by atoms with van der Waals surface area (Å²) >= 11 is 0. The van der Waals surface area contributed by atoms with Crippen molar-refractivity contribution in [1.29, 1.82) is 0 Å². The first-order chi connectivity index (χ1) is 14.5. The van der Waals surface area contributed by atoms with E-state index in [1.54, 1.807) is 56.3 Å². The van der Waals surface area contributed by atoms with E-state index >= 15 is 0 Å². The van der Waals surface area contributed by atoms with Gasteiger partial charge in [-0.15, -0.1) is 0 Å². The van der Waals surface area contributed by atoms with E-state index in [2.05, 4.69) is 25.8 Å². The largest absolute Gasteiger partial charge is 0.508 e. The average molecular weight is 405 g/mol. The van der Waals surface area contributed by atoms with Gasteiger partial charge in [-0.3, -0.25) is 5.43 Å². The smallest absolute Gasteiger partial charge is 0.338 e. The summed E-state index contributed by atoms with van der Waals surface area (Å²) < 4.78 is 5.00. The van der Waals surface area contributed by atoms with Crippen LogP contribution in [0.5, 0.6) is 5.75 Å². The number of amidine groups is 1. The van der Waals surface area contributed by atoms with Crippen molar-refractivity contribution in [2.24, 2.45) is 15.1 Å². The number of ether oxygens (including phenoxy) is 1. The SMILES string of the molecule is CCOC(=O)c1ccc(NC2=CCC(c3cccc(O)c3)=NC(C)=N/C=N\N2)cc1. The third kappa shape index (κ3) is 5.78. The van der Waals surface area contributed by atoms with Crippen molar-refractivity contribution in [3.63, 3.8) is 0 Å². The van der Waals surface area contributed by atoms with Crippen molar-refractivity contribution >= 4 is 29.5 Å². The van der Waals surface area contributed by atoms with E-state index in [0.29, 0.717) is 30.2 Å². The van der Waals surface area contributed by atoms with E-state index in [-0.39, 0.29) is 11.7 Å². The lowest BCUT2D eigenvalue weighted by Crippen LogP contribution is -2.16. The van der Waals surface area contributed by atoms with Crippen molar-refractivity contribution in [3.8, 4) is 5.75 Å². The zero-order valence-corrected chi connectivity index (χ0v) is 16.8. The van der Waals surface area contributed by atoms with Crippen LogP contribution in [0.15, 0.2) is 75.5 Å². The number of hydrogen-bond donors (Lipinski definition) is 3. The van der Waals surface area contributed by atoms with Gasteiger partial charge in [0.05, 0.1) is 17.9 Å². The molecule has 0 saturated carbocycles. The van der Waals surface area contributed by atoms with E-state index in [1.165, 1.54) is 6.34 Å². The molecule has 0 radical (unpaired) electrons. The van der Waals surface area contributed by atoms with Crippen LogP contribution < -0.4 is 10.7 Å². The number of carbonyl (C=O) groups is 1. The Hall–Kier alpha value is -3.94. The fourth-order valence-corrected chi connectivity index (χ4v) is 2.73. The van der Waals surface area contributed by atoms with Crippen molar-refractivity contribution < 1.29 is 14.6 Å². The van der Waals surface area contributed by atoms with E-state index < -0.39 is 0 Å². The van der Waals surface area contributed by atoms with Crippen LogP contribution in [0.2, 0.25) is 0 Å². The Morgan fingerprint density at radius 3 is 2.77 bits per heavy atom. The fraction of sp³-hybridized carbons (Fsp3) is 0.182. The van der Waals surface area contributed by atoms with E-state index in [9.17, 15) is 9.90 Å². The standard InChI is InChI=1S/C22H23N5O3/c1-3-30-22(29)16-7-9-18(10-8-16)26-21-12-11-20(17-5-4-6-19(28)13-17)25-15(2)23-14-24-27-21/h4-10,12-14,26-28H,3,11H2,1-2H3/b21-12?,23-15?,24-14-,25-20?. The van der Waals surface area contributed by atoms with Crippen LogP contribution >= 0.6 is 0 Å². The third-order valence-electron chi connectivity index (χ3n) is 4.14. The molecule has 8 heteroatoms. The molecule has 0 aliphatic carbocycles. The number of hydrogen-bond acceptors (Lipinski definition) is 8. The summed E-state index contributed by atoms with van der Waals surface area (Å²) in [5.41, 5.74) is 5.72.